The first-order chi connectivity index (χ1) is 13.1. The van der Waals surface area contributed by atoms with Crippen molar-refractivity contribution >= 4 is 26.7 Å². The molecule has 0 amide bonds. The second-order valence-corrected chi connectivity index (χ2v) is 8.13. The molecule has 4 aromatic rings. The summed E-state index contributed by atoms with van der Waals surface area (Å²) in [5.41, 5.74) is 3.19. The summed E-state index contributed by atoms with van der Waals surface area (Å²) in [7, 11) is -3.70. The largest absolute Gasteiger partial charge is 0.380 e. The Bertz CT molecular complexity index is 1180. The molecule has 2 aromatic heterocycles. The van der Waals surface area contributed by atoms with Crippen molar-refractivity contribution in [2.75, 3.05) is 5.32 Å². The summed E-state index contributed by atoms with van der Waals surface area (Å²) in [5, 5.41) is 4.18. The molecule has 0 aliphatic rings. The number of pyridine rings is 1. The van der Waals surface area contributed by atoms with Gasteiger partial charge in [0, 0.05) is 29.5 Å². The smallest absolute Gasteiger partial charge is 0.269 e. The quantitative estimate of drug-likeness (QED) is 0.566. The number of benzene rings is 2. The molecule has 0 unspecified atom stereocenters. The third kappa shape index (κ3) is 3.31. The highest BCUT2D eigenvalue weighted by Crippen LogP contribution is 2.27. The van der Waals surface area contributed by atoms with Gasteiger partial charge in [0.25, 0.3) is 10.0 Å². The number of aryl methyl sites for hydroxylation is 1. The molecule has 0 radical (unpaired) electrons. The van der Waals surface area contributed by atoms with Crippen LogP contribution in [0.5, 0.6) is 0 Å². The predicted molar refractivity (Wildman–Crippen MR) is 107 cm³/mol. The van der Waals surface area contributed by atoms with Crippen LogP contribution >= 0.6 is 0 Å². The van der Waals surface area contributed by atoms with Gasteiger partial charge in [0.1, 0.15) is 0 Å². The van der Waals surface area contributed by atoms with Crippen molar-refractivity contribution in [1.82, 2.24) is 8.96 Å². The molecule has 0 saturated heterocycles. The Kier molecular flexibility index (Phi) is 4.41. The first kappa shape index (κ1) is 17.3. The van der Waals surface area contributed by atoms with Crippen LogP contribution < -0.4 is 5.32 Å². The average molecular weight is 377 g/mol. The van der Waals surface area contributed by atoms with Crippen molar-refractivity contribution in [1.29, 1.82) is 0 Å². The lowest BCUT2D eigenvalue weighted by atomic mass is 10.2. The Morgan fingerprint density at radius 1 is 0.963 bits per heavy atom. The number of nitrogens with one attached hydrogen (secondary N) is 1. The predicted octanol–water partition coefficient (Wildman–Crippen LogP) is 4.19. The molecule has 0 aliphatic carbocycles. The molecule has 6 heteroatoms. The van der Waals surface area contributed by atoms with E-state index in [1.807, 2.05) is 43.3 Å². The molecule has 0 spiro atoms. The Labute approximate surface area is 158 Å². The van der Waals surface area contributed by atoms with Crippen molar-refractivity contribution in [3.05, 3.63) is 90.3 Å². The Morgan fingerprint density at radius 3 is 2.33 bits per heavy atom. The summed E-state index contributed by atoms with van der Waals surface area (Å²) in [4.78, 5) is 4.73. The lowest BCUT2D eigenvalue weighted by molar-refractivity contribution is 0.588. The molecule has 0 aliphatic heterocycles. The molecule has 1 N–H and O–H groups in total. The number of fused-ring (bicyclic) bond motifs is 1. The van der Waals surface area contributed by atoms with E-state index < -0.39 is 10.0 Å². The van der Waals surface area contributed by atoms with E-state index in [0.29, 0.717) is 12.2 Å². The number of rotatable bonds is 5. The molecule has 2 heterocycles. The summed E-state index contributed by atoms with van der Waals surface area (Å²) >= 11 is 0. The van der Waals surface area contributed by atoms with E-state index in [0.717, 1.165) is 22.3 Å². The molecule has 0 atom stereocenters. The molecule has 2 aromatic carbocycles. The minimum atomic E-state index is -3.70. The third-order valence-corrected chi connectivity index (χ3v) is 6.06. The van der Waals surface area contributed by atoms with Gasteiger partial charge in [-0.25, -0.2) is 17.4 Å². The second kappa shape index (κ2) is 6.89. The van der Waals surface area contributed by atoms with Crippen LogP contribution in [0.1, 0.15) is 11.3 Å². The topological polar surface area (TPSA) is 64.0 Å². The van der Waals surface area contributed by atoms with E-state index in [-0.39, 0.29) is 4.90 Å². The van der Waals surface area contributed by atoms with E-state index >= 15 is 0 Å². The SMILES string of the molecule is Cc1cc(NCc2ccccc2)c2ccn(S(=O)(=O)c3ccccc3)c2n1. The number of hydrogen-bond acceptors (Lipinski definition) is 4. The molecule has 0 fully saturated rings. The zero-order valence-electron chi connectivity index (χ0n) is 14.8. The highest BCUT2D eigenvalue weighted by Gasteiger charge is 2.20. The summed E-state index contributed by atoms with van der Waals surface area (Å²) < 4.78 is 27.3. The van der Waals surface area contributed by atoms with Crippen LogP contribution in [0.15, 0.2) is 83.9 Å². The number of anilines is 1. The number of nitrogens with zero attached hydrogens (tertiary/aromatic N) is 2. The minimum Gasteiger partial charge on any atom is -0.380 e. The van der Waals surface area contributed by atoms with Crippen LogP contribution in [-0.4, -0.2) is 17.4 Å². The maximum atomic E-state index is 13.0. The zero-order chi connectivity index (χ0) is 18.9. The fourth-order valence-electron chi connectivity index (χ4n) is 3.05. The lowest BCUT2D eigenvalue weighted by Crippen LogP contribution is -2.12. The van der Waals surface area contributed by atoms with E-state index in [4.69, 9.17) is 0 Å². The van der Waals surface area contributed by atoms with E-state index in [1.54, 1.807) is 42.6 Å². The van der Waals surface area contributed by atoms with Crippen LogP contribution in [0.4, 0.5) is 5.69 Å². The molecule has 136 valence electrons. The fourth-order valence-corrected chi connectivity index (χ4v) is 4.37. The number of hydrogen-bond donors (Lipinski definition) is 1. The molecular weight excluding hydrogens is 358 g/mol. The van der Waals surface area contributed by atoms with Crippen LogP contribution in [0, 0.1) is 6.92 Å². The molecule has 4 rings (SSSR count). The highest BCUT2D eigenvalue weighted by molar-refractivity contribution is 7.90. The number of aromatic nitrogens is 2. The maximum Gasteiger partial charge on any atom is 0.269 e. The first-order valence-electron chi connectivity index (χ1n) is 8.63. The van der Waals surface area contributed by atoms with E-state index in [2.05, 4.69) is 10.3 Å². The van der Waals surface area contributed by atoms with Crippen LogP contribution in [-0.2, 0) is 16.6 Å². The van der Waals surface area contributed by atoms with Gasteiger partial charge in [-0.1, -0.05) is 48.5 Å². The summed E-state index contributed by atoms with van der Waals surface area (Å²) in [6, 6.07) is 22.2. The van der Waals surface area contributed by atoms with Gasteiger partial charge < -0.3 is 5.32 Å². The monoisotopic (exact) mass is 377 g/mol. The van der Waals surface area contributed by atoms with Crippen molar-refractivity contribution < 1.29 is 8.42 Å². The zero-order valence-corrected chi connectivity index (χ0v) is 15.6. The van der Waals surface area contributed by atoms with Crippen molar-refractivity contribution in [2.45, 2.75) is 18.4 Å². The van der Waals surface area contributed by atoms with Crippen LogP contribution in [0.25, 0.3) is 11.0 Å². The summed E-state index contributed by atoms with van der Waals surface area (Å²) in [5.74, 6) is 0. The summed E-state index contributed by atoms with van der Waals surface area (Å²) in [6.07, 6.45) is 1.56. The highest BCUT2D eigenvalue weighted by atomic mass is 32.2. The third-order valence-electron chi connectivity index (χ3n) is 4.38. The normalized spacial score (nSPS) is 11.6. The van der Waals surface area contributed by atoms with Gasteiger partial charge in [-0.15, -0.1) is 0 Å². The average Bonchev–Trinajstić information content (AvgIpc) is 3.12. The van der Waals surface area contributed by atoms with Gasteiger partial charge in [-0.05, 0) is 36.8 Å². The maximum absolute atomic E-state index is 13.0. The standard InChI is InChI=1S/C21H19N3O2S/c1-16-14-20(22-15-17-8-4-2-5-9-17)19-12-13-24(21(19)23-16)27(25,26)18-10-6-3-7-11-18/h2-14H,15H2,1H3,(H,22,23). The van der Waals surface area contributed by atoms with Gasteiger partial charge >= 0.3 is 0 Å². The Morgan fingerprint density at radius 2 is 1.63 bits per heavy atom. The van der Waals surface area contributed by atoms with Gasteiger partial charge in [0.15, 0.2) is 5.65 Å². The van der Waals surface area contributed by atoms with E-state index in [1.165, 1.54) is 3.97 Å². The van der Waals surface area contributed by atoms with Crippen LogP contribution in [0.3, 0.4) is 0 Å². The van der Waals surface area contributed by atoms with E-state index in [9.17, 15) is 8.42 Å². The molecule has 27 heavy (non-hydrogen) atoms. The molecule has 0 saturated carbocycles. The molecule has 0 bridgehead atoms. The Balaban J connectivity index is 1.76. The minimum absolute atomic E-state index is 0.240. The van der Waals surface area contributed by atoms with Crippen LogP contribution in [0.2, 0.25) is 0 Å². The van der Waals surface area contributed by atoms with Crippen molar-refractivity contribution in [2.24, 2.45) is 0 Å². The van der Waals surface area contributed by atoms with Crippen molar-refractivity contribution in [3.8, 4) is 0 Å². The van der Waals surface area contributed by atoms with Gasteiger partial charge in [0.05, 0.1) is 4.90 Å². The molecular formula is C21H19N3O2S. The lowest BCUT2D eigenvalue weighted by Gasteiger charge is -2.11. The fraction of sp³-hybridized carbons (Fsp3) is 0.0952. The van der Waals surface area contributed by atoms with Gasteiger partial charge in [-0.3, -0.25) is 0 Å². The van der Waals surface area contributed by atoms with Gasteiger partial charge in [0.2, 0.25) is 0 Å². The Hall–Kier alpha value is -3.12. The second-order valence-electron chi connectivity index (χ2n) is 6.32. The molecule has 5 nitrogen and oxygen atoms in total. The van der Waals surface area contributed by atoms with Gasteiger partial charge in [-0.2, -0.15) is 0 Å². The first-order valence-corrected chi connectivity index (χ1v) is 10.1. The van der Waals surface area contributed by atoms with Crippen molar-refractivity contribution in [3.63, 3.8) is 0 Å². The summed E-state index contributed by atoms with van der Waals surface area (Å²) in [6.45, 7) is 2.51.